The molecule has 2 unspecified atom stereocenters. The molecule has 0 spiro atoms. The maximum absolute atomic E-state index is 6.02. The molecule has 1 aliphatic rings. The summed E-state index contributed by atoms with van der Waals surface area (Å²) in [5.74, 6) is 0.635. The second kappa shape index (κ2) is 7.74. The summed E-state index contributed by atoms with van der Waals surface area (Å²) < 4.78 is 10.5. The SMILES string of the molecule is COCc1cccc(C(CN)N2CCC(COC)C2)c1. The van der Waals surface area contributed by atoms with E-state index >= 15 is 0 Å². The van der Waals surface area contributed by atoms with E-state index in [0.29, 0.717) is 25.1 Å². The lowest BCUT2D eigenvalue weighted by molar-refractivity contribution is 0.147. The Balaban J connectivity index is 2.06. The number of nitrogens with two attached hydrogens (primary N) is 1. The van der Waals surface area contributed by atoms with Crippen molar-refractivity contribution in [3.63, 3.8) is 0 Å². The van der Waals surface area contributed by atoms with E-state index in [9.17, 15) is 0 Å². The average molecular weight is 278 g/mol. The fraction of sp³-hybridized carbons (Fsp3) is 0.625. The van der Waals surface area contributed by atoms with Crippen LogP contribution in [0.15, 0.2) is 24.3 Å². The number of ether oxygens (including phenoxy) is 2. The molecule has 1 heterocycles. The summed E-state index contributed by atoms with van der Waals surface area (Å²) in [4.78, 5) is 2.48. The Morgan fingerprint density at radius 3 is 2.90 bits per heavy atom. The van der Waals surface area contributed by atoms with E-state index in [0.717, 1.165) is 19.7 Å². The van der Waals surface area contributed by atoms with Crippen LogP contribution in [0.5, 0.6) is 0 Å². The molecule has 4 heteroatoms. The van der Waals surface area contributed by atoms with Crippen LogP contribution in [0.4, 0.5) is 0 Å². The van der Waals surface area contributed by atoms with E-state index in [1.165, 1.54) is 17.5 Å². The third-order valence-corrected chi connectivity index (χ3v) is 4.03. The largest absolute Gasteiger partial charge is 0.384 e. The Hall–Kier alpha value is -0.940. The fourth-order valence-corrected chi connectivity index (χ4v) is 3.07. The van der Waals surface area contributed by atoms with E-state index in [1.807, 2.05) is 0 Å². The van der Waals surface area contributed by atoms with Crippen molar-refractivity contribution >= 4 is 0 Å². The molecule has 4 nitrogen and oxygen atoms in total. The van der Waals surface area contributed by atoms with E-state index in [2.05, 4.69) is 29.2 Å². The predicted octanol–water partition coefficient (Wildman–Crippen LogP) is 1.80. The van der Waals surface area contributed by atoms with Gasteiger partial charge in [-0.1, -0.05) is 24.3 Å². The summed E-state index contributed by atoms with van der Waals surface area (Å²) in [5, 5.41) is 0. The van der Waals surface area contributed by atoms with Crippen molar-refractivity contribution in [2.24, 2.45) is 11.7 Å². The fourth-order valence-electron chi connectivity index (χ4n) is 3.07. The topological polar surface area (TPSA) is 47.7 Å². The van der Waals surface area contributed by atoms with Gasteiger partial charge in [0.2, 0.25) is 0 Å². The zero-order valence-electron chi connectivity index (χ0n) is 12.5. The van der Waals surface area contributed by atoms with Gasteiger partial charge in [0.1, 0.15) is 0 Å². The molecule has 1 aromatic rings. The summed E-state index contributed by atoms with van der Waals surface area (Å²) in [5.41, 5.74) is 8.52. The highest BCUT2D eigenvalue weighted by atomic mass is 16.5. The highest BCUT2D eigenvalue weighted by Gasteiger charge is 2.28. The number of rotatable bonds is 7. The van der Waals surface area contributed by atoms with Crippen molar-refractivity contribution in [2.45, 2.75) is 19.1 Å². The van der Waals surface area contributed by atoms with E-state index < -0.39 is 0 Å². The predicted molar refractivity (Wildman–Crippen MR) is 80.5 cm³/mol. The van der Waals surface area contributed by atoms with E-state index in [4.69, 9.17) is 15.2 Å². The Morgan fingerprint density at radius 2 is 2.20 bits per heavy atom. The van der Waals surface area contributed by atoms with Crippen LogP contribution >= 0.6 is 0 Å². The number of likely N-dealkylation sites (tertiary alicyclic amines) is 1. The molecule has 1 saturated heterocycles. The maximum atomic E-state index is 6.02. The summed E-state index contributed by atoms with van der Waals surface area (Å²) in [6, 6.07) is 8.87. The number of benzene rings is 1. The molecule has 0 aliphatic carbocycles. The van der Waals surface area contributed by atoms with Gasteiger partial charge >= 0.3 is 0 Å². The van der Waals surface area contributed by atoms with Crippen LogP contribution in [0.2, 0.25) is 0 Å². The van der Waals surface area contributed by atoms with Gasteiger partial charge in [-0.25, -0.2) is 0 Å². The molecule has 0 aromatic heterocycles. The highest BCUT2D eigenvalue weighted by Crippen LogP contribution is 2.27. The zero-order chi connectivity index (χ0) is 14.4. The molecule has 2 rings (SSSR count). The molecule has 0 radical (unpaired) electrons. The molecule has 0 saturated carbocycles. The standard InChI is InChI=1S/C16H26N2O2/c1-19-11-13-4-3-5-15(8-13)16(9-17)18-7-6-14(10-18)12-20-2/h3-5,8,14,16H,6-7,9-12,17H2,1-2H3. The maximum Gasteiger partial charge on any atom is 0.0713 e. The van der Waals surface area contributed by atoms with Crippen molar-refractivity contribution in [1.82, 2.24) is 4.90 Å². The molecule has 2 atom stereocenters. The minimum atomic E-state index is 0.300. The third kappa shape index (κ3) is 3.79. The van der Waals surface area contributed by atoms with Crippen LogP contribution in [-0.4, -0.2) is 45.4 Å². The summed E-state index contributed by atoms with van der Waals surface area (Å²) >= 11 is 0. The van der Waals surface area contributed by atoms with Gasteiger partial charge in [0.25, 0.3) is 0 Å². The van der Waals surface area contributed by atoms with Gasteiger partial charge in [0.15, 0.2) is 0 Å². The number of nitrogens with zero attached hydrogens (tertiary/aromatic N) is 1. The molecular formula is C16H26N2O2. The smallest absolute Gasteiger partial charge is 0.0713 e. The lowest BCUT2D eigenvalue weighted by Crippen LogP contribution is -2.32. The molecule has 1 aromatic carbocycles. The monoisotopic (exact) mass is 278 g/mol. The molecule has 2 N–H and O–H groups in total. The Kier molecular flexibility index (Phi) is 5.98. The Labute approximate surface area is 121 Å². The molecule has 0 bridgehead atoms. The van der Waals surface area contributed by atoms with Crippen LogP contribution in [0, 0.1) is 5.92 Å². The van der Waals surface area contributed by atoms with Crippen LogP contribution < -0.4 is 5.73 Å². The van der Waals surface area contributed by atoms with Crippen molar-refractivity contribution in [3.05, 3.63) is 35.4 Å². The summed E-state index contributed by atoms with van der Waals surface area (Å²) in [6.07, 6.45) is 1.20. The van der Waals surface area contributed by atoms with Gasteiger partial charge in [-0.2, -0.15) is 0 Å². The van der Waals surface area contributed by atoms with Gasteiger partial charge in [0, 0.05) is 33.4 Å². The van der Waals surface area contributed by atoms with Gasteiger partial charge < -0.3 is 15.2 Å². The summed E-state index contributed by atoms with van der Waals surface area (Å²) in [6.45, 7) is 4.32. The number of hydrogen-bond donors (Lipinski definition) is 1. The van der Waals surface area contributed by atoms with Crippen molar-refractivity contribution in [2.75, 3.05) is 40.5 Å². The van der Waals surface area contributed by atoms with Gasteiger partial charge in [-0.15, -0.1) is 0 Å². The first kappa shape index (κ1) is 15.4. The molecule has 1 aliphatic heterocycles. The zero-order valence-corrected chi connectivity index (χ0v) is 12.5. The van der Waals surface area contributed by atoms with Crippen molar-refractivity contribution < 1.29 is 9.47 Å². The highest BCUT2D eigenvalue weighted by molar-refractivity contribution is 5.26. The lowest BCUT2D eigenvalue weighted by atomic mass is 10.0. The first-order valence-electron chi connectivity index (χ1n) is 7.29. The minimum Gasteiger partial charge on any atom is -0.384 e. The van der Waals surface area contributed by atoms with Gasteiger partial charge in [0.05, 0.1) is 13.2 Å². The third-order valence-electron chi connectivity index (χ3n) is 4.03. The second-order valence-corrected chi connectivity index (χ2v) is 5.53. The van der Waals surface area contributed by atoms with Crippen LogP contribution in [0.25, 0.3) is 0 Å². The first-order valence-corrected chi connectivity index (χ1v) is 7.29. The second-order valence-electron chi connectivity index (χ2n) is 5.53. The normalized spacial score (nSPS) is 21.2. The average Bonchev–Trinajstić information content (AvgIpc) is 2.89. The molecular weight excluding hydrogens is 252 g/mol. The first-order chi connectivity index (χ1) is 9.78. The lowest BCUT2D eigenvalue weighted by Gasteiger charge is -2.27. The van der Waals surface area contributed by atoms with Crippen LogP contribution in [0.1, 0.15) is 23.6 Å². The van der Waals surface area contributed by atoms with Gasteiger partial charge in [-0.05, 0) is 30.0 Å². The van der Waals surface area contributed by atoms with Crippen LogP contribution in [-0.2, 0) is 16.1 Å². The van der Waals surface area contributed by atoms with E-state index in [1.54, 1.807) is 14.2 Å². The van der Waals surface area contributed by atoms with Crippen molar-refractivity contribution in [3.8, 4) is 0 Å². The number of methoxy groups -OCH3 is 2. The number of hydrogen-bond acceptors (Lipinski definition) is 4. The Bertz CT molecular complexity index is 411. The minimum absolute atomic E-state index is 0.300. The quantitative estimate of drug-likeness (QED) is 0.826. The molecule has 112 valence electrons. The van der Waals surface area contributed by atoms with Crippen molar-refractivity contribution in [1.29, 1.82) is 0 Å². The Morgan fingerprint density at radius 1 is 1.35 bits per heavy atom. The molecule has 20 heavy (non-hydrogen) atoms. The molecule has 0 amide bonds. The van der Waals surface area contributed by atoms with Crippen LogP contribution in [0.3, 0.4) is 0 Å². The van der Waals surface area contributed by atoms with Gasteiger partial charge in [-0.3, -0.25) is 4.90 Å². The molecule has 1 fully saturated rings. The van der Waals surface area contributed by atoms with E-state index in [-0.39, 0.29) is 0 Å². The summed E-state index contributed by atoms with van der Waals surface area (Å²) in [7, 11) is 3.50.